The highest BCUT2D eigenvalue weighted by Gasteiger charge is 2.40. The minimum atomic E-state index is 0.268. The third-order valence-electron chi connectivity index (χ3n) is 6.26. The predicted molar refractivity (Wildman–Crippen MR) is 136 cm³/mol. The fraction of sp³-hybridized carbons (Fsp3) is 0.385. The van der Waals surface area contributed by atoms with Gasteiger partial charge in [-0.15, -0.1) is 23.5 Å². The van der Waals surface area contributed by atoms with Crippen LogP contribution in [0.15, 0.2) is 76.7 Å². The first-order valence-corrected chi connectivity index (χ1v) is 13.1. The van der Waals surface area contributed by atoms with Crippen molar-refractivity contribution in [2.75, 3.05) is 12.5 Å². The highest BCUT2D eigenvalue weighted by atomic mass is 32.2. The molecule has 2 heterocycles. The van der Waals surface area contributed by atoms with Gasteiger partial charge in [-0.25, -0.2) is 0 Å². The van der Waals surface area contributed by atoms with Gasteiger partial charge in [-0.1, -0.05) is 66.7 Å². The minimum absolute atomic E-state index is 0.268. The molecule has 156 valence electrons. The maximum Gasteiger partial charge on any atom is 0.0980 e. The predicted octanol–water partition coefficient (Wildman–Crippen LogP) is 6.80. The van der Waals surface area contributed by atoms with E-state index >= 15 is 0 Å². The Bertz CT molecular complexity index is 950. The molecule has 2 aliphatic rings. The molecule has 0 N–H and O–H groups in total. The summed E-state index contributed by atoms with van der Waals surface area (Å²) in [5, 5.41) is 2.43. The lowest BCUT2D eigenvalue weighted by Crippen LogP contribution is -2.38. The average molecular weight is 435 g/mol. The fourth-order valence-electron chi connectivity index (χ4n) is 4.90. The van der Waals surface area contributed by atoms with Gasteiger partial charge in [0.1, 0.15) is 0 Å². The van der Waals surface area contributed by atoms with E-state index in [0.29, 0.717) is 23.8 Å². The number of aliphatic imine (C=N–C) groups is 2. The maximum absolute atomic E-state index is 5.18. The summed E-state index contributed by atoms with van der Waals surface area (Å²) in [5.74, 6) is 1.22. The monoisotopic (exact) mass is 434 g/mol. The Balaban J connectivity index is 1.79. The Morgan fingerprint density at radius 3 is 2.13 bits per heavy atom. The van der Waals surface area contributed by atoms with E-state index in [1.54, 1.807) is 11.8 Å². The summed E-state index contributed by atoms with van der Waals surface area (Å²) < 4.78 is 0. The molecular formula is C26H30N2S2. The Kier molecular flexibility index (Phi) is 6.84. The zero-order chi connectivity index (χ0) is 21.1. The summed E-state index contributed by atoms with van der Waals surface area (Å²) in [5.41, 5.74) is 3.93. The molecule has 0 fully saturated rings. The average Bonchev–Trinajstić information content (AvgIpc) is 2.79. The molecule has 30 heavy (non-hydrogen) atoms. The second kappa shape index (κ2) is 9.57. The Morgan fingerprint density at radius 1 is 0.833 bits per heavy atom. The van der Waals surface area contributed by atoms with E-state index in [9.17, 15) is 0 Å². The summed E-state index contributed by atoms with van der Waals surface area (Å²) >= 11 is 3.57. The van der Waals surface area contributed by atoms with Crippen LogP contribution in [-0.4, -0.2) is 34.7 Å². The molecule has 2 aromatic rings. The van der Waals surface area contributed by atoms with Crippen molar-refractivity contribution < 1.29 is 0 Å². The number of nitrogens with zero attached hydrogens (tertiary/aromatic N) is 2. The lowest BCUT2D eigenvalue weighted by molar-refractivity contribution is 0.288. The summed E-state index contributed by atoms with van der Waals surface area (Å²) in [4.78, 5) is 10.2. The first-order chi connectivity index (χ1) is 14.6. The molecule has 4 heteroatoms. The molecule has 0 amide bonds. The normalized spacial score (nSPS) is 29.1. The van der Waals surface area contributed by atoms with E-state index in [1.165, 1.54) is 21.7 Å². The molecule has 0 aliphatic carbocycles. The van der Waals surface area contributed by atoms with Crippen LogP contribution in [0.3, 0.4) is 0 Å². The summed E-state index contributed by atoms with van der Waals surface area (Å²) in [6.07, 6.45) is 7.93. The van der Waals surface area contributed by atoms with E-state index in [-0.39, 0.29) is 6.04 Å². The number of hydrogen-bond acceptors (Lipinski definition) is 4. The van der Waals surface area contributed by atoms with Crippen molar-refractivity contribution in [1.29, 1.82) is 0 Å². The van der Waals surface area contributed by atoms with Gasteiger partial charge < -0.3 is 0 Å². The zero-order valence-electron chi connectivity index (χ0n) is 18.2. The Hall–Kier alpha value is -1.78. The van der Waals surface area contributed by atoms with Crippen molar-refractivity contribution in [3.05, 3.63) is 77.9 Å². The van der Waals surface area contributed by atoms with Crippen molar-refractivity contribution in [1.82, 2.24) is 0 Å². The molecule has 2 aromatic carbocycles. The van der Waals surface area contributed by atoms with Crippen molar-refractivity contribution >= 4 is 39.2 Å². The van der Waals surface area contributed by atoms with Crippen LogP contribution in [0.4, 0.5) is 0 Å². The molecule has 2 aliphatic heterocycles. The van der Waals surface area contributed by atoms with Crippen LogP contribution < -0.4 is 0 Å². The van der Waals surface area contributed by atoms with Gasteiger partial charge in [-0.05, 0) is 49.8 Å². The zero-order valence-corrected chi connectivity index (χ0v) is 19.8. The maximum atomic E-state index is 5.18. The standard InChI is InChI=1S/C26H30N2S2/c1-17-15-23(24(26(27-17)30-4)20-13-9-6-10-14-20)21-16-22(19-11-7-5-8-12-19)25(29-3)28-18(21)2/h5-14,16-18,21,23-24H,15H2,1-4H3. The largest absolute Gasteiger partial charge is 0.279 e. The van der Waals surface area contributed by atoms with Gasteiger partial charge in [0.2, 0.25) is 0 Å². The van der Waals surface area contributed by atoms with Gasteiger partial charge >= 0.3 is 0 Å². The van der Waals surface area contributed by atoms with Crippen molar-refractivity contribution in [2.24, 2.45) is 21.8 Å². The Morgan fingerprint density at radius 2 is 1.50 bits per heavy atom. The van der Waals surface area contributed by atoms with Gasteiger partial charge in [-0.3, -0.25) is 9.98 Å². The van der Waals surface area contributed by atoms with Gasteiger partial charge in [0.25, 0.3) is 0 Å². The molecule has 0 saturated heterocycles. The molecule has 5 unspecified atom stereocenters. The fourth-order valence-corrected chi connectivity index (χ4v) is 6.43. The molecule has 0 bridgehead atoms. The van der Waals surface area contributed by atoms with Crippen molar-refractivity contribution in [2.45, 2.75) is 38.3 Å². The smallest absolute Gasteiger partial charge is 0.0980 e. The highest BCUT2D eigenvalue weighted by molar-refractivity contribution is 8.14. The van der Waals surface area contributed by atoms with Gasteiger partial charge in [-0.2, -0.15) is 0 Å². The van der Waals surface area contributed by atoms with Gasteiger partial charge in [0.15, 0.2) is 0 Å². The molecule has 0 aromatic heterocycles. The molecule has 0 radical (unpaired) electrons. The topological polar surface area (TPSA) is 24.7 Å². The van der Waals surface area contributed by atoms with Crippen LogP contribution in [0.2, 0.25) is 0 Å². The molecule has 2 nitrogen and oxygen atoms in total. The number of benzene rings is 2. The molecule has 4 rings (SSSR count). The lowest BCUT2D eigenvalue weighted by Gasteiger charge is -2.41. The third-order valence-corrected chi connectivity index (χ3v) is 7.75. The van der Waals surface area contributed by atoms with Crippen molar-refractivity contribution in [3.63, 3.8) is 0 Å². The number of rotatable bonds is 3. The van der Waals surface area contributed by atoms with E-state index < -0.39 is 0 Å². The number of hydrogen-bond donors (Lipinski definition) is 0. The quantitative estimate of drug-likeness (QED) is 0.530. The van der Waals surface area contributed by atoms with E-state index in [4.69, 9.17) is 9.98 Å². The van der Waals surface area contributed by atoms with Crippen LogP contribution >= 0.6 is 23.5 Å². The lowest BCUT2D eigenvalue weighted by atomic mass is 9.70. The van der Waals surface area contributed by atoms with Gasteiger partial charge in [0.05, 0.1) is 16.1 Å². The third kappa shape index (κ3) is 4.31. The van der Waals surface area contributed by atoms with E-state index in [1.807, 2.05) is 11.8 Å². The number of thioether (sulfide) groups is 2. The van der Waals surface area contributed by atoms with Crippen LogP contribution in [0, 0.1) is 11.8 Å². The van der Waals surface area contributed by atoms with E-state index in [0.717, 1.165) is 11.5 Å². The first-order valence-electron chi connectivity index (χ1n) is 10.7. The van der Waals surface area contributed by atoms with Crippen LogP contribution in [0.25, 0.3) is 5.57 Å². The second-order valence-corrected chi connectivity index (χ2v) is 9.83. The van der Waals surface area contributed by atoms with Crippen molar-refractivity contribution in [3.8, 4) is 0 Å². The molecule has 0 spiro atoms. The number of dihydropyridines is 1. The molecule has 0 saturated carbocycles. The van der Waals surface area contributed by atoms with Crippen LogP contribution in [0.1, 0.15) is 37.3 Å². The highest BCUT2D eigenvalue weighted by Crippen LogP contribution is 2.46. The minimum Gasteiger partial charge on any atom is -0.279 e. The van der Waals surface area contributed by atoms with Crippen LogP contribution in [0.5, 0.6) is 0 Å². The van der Waals surface area contributed by atoms with Crippen LogP contribution in [-0.2, 0) is 0 Å². The van der Waals surface area contributed by atoms with Gasteiger partial charge in [0, 0.05) is 23.5 Å². The summed E-state index contributed by atoms with van der Waals surface area (Å²) in [6, 6.07) is 22.3. The summed E-state index contributed by atoms with van der Waals surface area (Å²) in [6.45, 7) is 4.55. The van der Waals surface area contributed by atoms with E-state index in [2.05, 4.69) is 93.1 Å². The molecular weight excluding hydrogens is 404 g/mol. The second-order valence-electron chi connectivity index (χ2n) is 8.21. The summed E-state index contributed by atoms with van der Waals surface area (Å²) in [7, 11) is 0. The molecule has 5 atom stereocenters. The first kappa shape index (κ1) is 21.5. The Labute approximate surface area is 189 Å². The SMILES string of the molecule is CSC1=NC(C)C(C2CC(C)N=C(SC)C2c2ccccc2)C=C1c1ccccc1.